The lowest BCUT2D eigenvalue weighted by molar-refractivity contribution is -0.124. The molecular formula is C65H125NO4. The minimum absolute atomic E-state index is 0.00815. The van der Waals surface area contributed by atoms with Gasteiger partial charge in [0.2, 0.25) is 5.91 Å². The summed E-state index contributed by atoms with van der Waals surface area (Å²) < 4.78 is 0. The molecule has 1 amide bonds. The quantitative estimate of drug-likeness (QED) is 0.0361. The fourth-order valence-corrected chi connectivity index (χ4v) is 10.1. The third-order valence-corrected chi connectivity index (χ3v) is 14.9. The van der Waals surface area contributed by atoms with Gasteiger partial charge in [-0.2, -0.15) is 0 Å². The molecule has 0 rings (SSSR count). The number of unbranched alkanes of at least 4 members (excludes halogenated alkanes) is 46. The van der Waals surface area contributed by atoms with Gasteiger partial charge in [-0.15, -0.1) is 0 Å². The van der Waals surface area contributed by atoms with E-state index in [1.54, 1.807) is 6.08 Å². The van der Waals surface area contributed by atoms with Crippen molar-refractivity contribution in [3.8, 4) is 0 Å². The summed E-state index contributed by atoms with van der Waals surface area (Å²) in [6.07, 6.45) is 79.5. The molecule has 414 valence electrons. The summed E-state index contributed by atoms with van der Waals surface area (Å²) >= 11 is 0. The molecule has 0 aromatic carbocycles. The van der Waals surface area contributed by atoms with Crippen LogP contribution in [0.2, 0.25) is 0 Å². The summed E-state index contributed by atoms with van der Waals surface area (Å²) in [4.78, 5) is 12.5. The first-order valence-corrected chi connectivity index (χ1v) is 31.8. The average Bonchev–Trinajstić information content (AvgIpc) is 3.36. The van der Waals surface area contributed by atoms with Crippen LogP contribution in [0.1, 0.15) is 348 Å². The standard InChI is InChI=1S/C65H125NO4/c1-3-5-7-9-11-13-15-17-19-21-23-24-25-26-27-28-29-30-31-32-33-34-35-36-37-38-39-40-41-42-44-46-48-50-52-54-56-58-62(68)60-65(70)66-63(61-67)64(69)59-57-55-53-51-49-47-45-43-22-20-18-16-14-12-10-8-6-4-2/h32-33,49,51,57,59,62-64,67-69H,3-31,34-48,50,52-56,58,60-61H2,1-2H3,(H,66,70)/b33-32-,51-49+,59-57+. The number of rotatable bonds is 59. The Morgan fingerprint density at radius 3 is 0.914 bits per heavy atom. The summed E-state index contributed by atoms with van der Waals surface area (Å²) in [7, 11) is 0. The van der Waals surface area contributed by atoms with E-state index in [2.05, 4.69) is 43.5 Å². The third kappa shape index (κ3) is 55.9. The maximum absolute atomic E-state index is 12.5. The van der Waals surface area contributed by atoms with Crippen LogP contribution < -0.4 is 5.32 Å². The van der Waals surface area contributed by atoms with E-state index in [1.165, 1.54) is 289 Å². The zero-order valence-electron chi connectivity index (χ0n) is 47.4. The van der Waals surface area contributed by atoms with Gasteiger partial charge >= 0.3 is 0 Å². The van der Waals surface area contributed by atoms with Crippen LogP contribution in [0.4, 0.5) is 0 Å². The van der Waals surface area contributed by atoms with Crippen LogP contribution in [0.3, 0.4) is 0 Å². The van der Waals surface area contributed by atoms with E-state index < -0.39 is 18.2 Å². The van der Waals surface area contributed by atoms with E-state index in [0.717, 1.165) is 32.1 Å². The fourth-order valence-electron chi connectivity index (χ4n) is 10.1. The van der Waals surface area contributed by atoms with Gasteiger partial charge in [-0.3, -0.25) is 4.79 Å². The second kappa shape index (κ2) is 60.1. The van der Waals surface area contributed by atoms with Gasteiger partial charge in [0.1, 0.15) is 0 Å². The van der Waals surface area contributed by atoms with Crippen LogP contribution in [0.5, 0.6) is 0 Å². The molecule has 0 heterocycles. The lowest BCUT2D eigenvalue weighted by Gasteiger charge is -2.21. The lowest BCUT2D eigenvalue weighted by Crippen LogP contribution is -2.45. The molecule has 0 fully saturated rings. The molecule has 0 aliphatic rings. The largest absolute Gasteiger partial charge is 0.394 e. The van der Waals surface area contributed by atoms with Crippen molar-refractivity contribution in [3.63, 3.8) is 0 Å². The van der Waals surface area contributed by atoms with Crippen molar-refractivity contribution in [2.24, 2.45) is 0 Å². The van der Waals surface area contributed by atoms with Crippen molar-refractivity contribution in [3.05, 3.63) is 36.5 Å². The van der Waals surface area contributed by atoms with Crippen molar-refractivity contribution in [1.29, 1.82) is 0 Å². The minimum Gasteiger partial charge on any atom is -0.394 e. The van der Waals surface area contributed by atoms with E-state index in [0.29, 0.717) is 6.42 Å². The molecule has 3 unspecified atom stereocenters. The number of aliphatic hydroxyl groups is 3. The maximum Gasteiger partial charge on any atom is 0.222 e. The van der Waals surface area contributed by atoms with Crippen LogP contribution in [0.25, 0.3) is 0 Å². The Balaban J connectivity index is 3.49. The first-order valence-electron chi connectivity index (χ1n) is 31.8. The first kappa shape index (κ1) is 68.6. The van der Waals surface area contributed by atoms with Crippen LogP contribution >= 0.6 is 0 Å². The Labute approximate surface area is 438 Å². The highest BCUT2D eigenvalue weighted by Gasteiger charge is 2.20. The predicted octanol–water partition coefficient (Wildman–Crippen LogP) is 20.2. The molecule has 0 saturated carbocycles. The molecular weight excluding hydrogens is 859 g/mol. The highest BCUT2D eigenvalue weighted by atomic mass is 16.3. The van der Waals surface area contributed by atoms with Gasteiger partial charge in [-0.05, 0) is 57.8 Å². The molecule has 5 nitrogen and oxygen atoms in total. The van der Waals surface area contributed by atoms with Crippen LogP contribution in [0.15, 0.2) is 36.5 Å². The molecule has 4 N–H and O–H groups in total. The molecule has 5 heteroatoms. The summed E-state index contributed by atoms with van der Waals surface area (Å²) in [5, 5.41) is 33.5. The van der Waals surface area contributed by atoms with Crippen LogP contribution in [-0.2, 0) is 4.79 Å². The monoisotopic (exact) mass is 984 g/mol. The summed E-state index contributed by atoms with van der Waals surface area (Å²) in [5.74, 6) is -0.320. The van der Waals surface area contributed by atoms with Crippen molar-refractivity contribution in [1.82, 2.24) is 5.32 Å². The summed E-state index contributed by atoms with van der Waals surface area (Å²) in [6, 6.07) is -0.761. The number of aliphatic hydroxyl groups excluding tert-OH is 3. The SMILES string of the molecule is CCCCCCCCCCCCCC/C=C/CC/C=C/C(O)C(CO)NC(=O)CC(O)CCCCCCCCCCCCCCCCC/C=C\CCCCCCCCCCCCCCCCCCCC. The number of hydrogen-bond donors (Lipinski definition) is 4. The normalized spacial score (nSPS) is 13.4. The van der Waals surface area contributed by atoms with Crippen LogP contribution in [-0.4, -0.2) is 46.1 Å². The topological polar surface area (TPSA) is 89.8 Å². The smallest absolute Gasteiger partial charge is 0.222 e. The number of amides is 1. The molecule has 0 aromatic heterocycles. The molecule has 0 aliphatic heterocycles. The van der Waals surface area contributed by atoms with E-state index >= 15 is 0 Å². The lowest BCUT2D eigenvalue weighted by atomic mass is 10.0. The Kier molecular flexibility index (Phi) is 58.9. The minimum atomic E-state index is -0.952. The molecule has 0 spiro atoms. The number of carbonyl (C=O) groups is 1. The van der Waals surface area contributed by atoms with Gasteiger partial charge in [0.05, 0.1) is 31.3 Å². The molecule has 0 aliphatic carbocycles. The van der Waals surface area contributed by atoms with Crippen molar-refractivity contribution < 1.29 is 20.1 Å². The Morgan fingerprint density at radius 1 is 0.357 bits per heavy atom. The van der Waals surface area contributed by atoms with Crippen molar-refractivity contribution in [2.45, 2.75) is 366 Å². The summed E-state index contributed by atoms with van der Waals surface area (Å²) in [6.45, 7) is 4.24. The second-order valence-corrected chi connectivity index (χ2v) is 22.0. The number of nitrogens with one attached hydrogen (secondary N) is 1. The Bertz CT molecular complexity index is 1090. The van der Waals surface area contributed by atoms with Gasteiger partial charge in [-0.1, -0.05) is 320 Å². The van der Waals surface area contributed by atoms with Crippen LogP contribution in [0, 0.1) is 0 Å². The molecule has 3 atom stereocenters. The van der Waals surface area contributed by atoms with Crippen molar-refractivity contribution >= 4 is 5.91 Å². The van der Waals surface area contributed by atoms with Gasteiger partial charge in [-0.25, -0.2) is 0 Å². The molecule has 70 heavy (non-hydrogen) atoms. The summed E-state index contributed by atoms with van der Waals surface area (Å²) in [5.41, 5.74) is 0. The second-order valence-electron chi connectivity index (χ2n) is 22.0. The maximum atomic E-state index is 12.5. The van der Waals surface area contributed by atoms with Gasteiger partial charge in [0, 0.05) is 0 Å². The van der Waals surface area contributed by atoms with E-state index in [9.17, 15) is 20.1 Å². The van der Waals surface area contributed by atoms with Gasteiger partial charge in [0.15, 0.2) is 0 Å². The zero-order valence-corrected chi connectivity index (χ0v) is 47.4. The predicted molar refractivity (Wildman–Crippen MR) is 310 cm³/mol. The molecule has 0 saturated heterocycles. The Morgan fingerprint density at radius 2 is 0.614 bits per heavy atom. The Hall–Kier alpha value is -1.43. The van der Waals surface area contributed by atoms with Gasteiger partial charge in [0.25, 0.3) is 0 Å². The van der Waals surface area contributed by atoms with E-state index in [-0.39, 0.29) is 18.9 Å². The highest BCUT2D eigenvalue weighted by Crippen LogP contribution is 2.18. The number of allylic oxidation sites excluding steroid dienone is 5. The highest BCUT2D eigenvalue weighted by molar-refractivity contribution is 5.76. The molecule has 0 radical (unpaired) electrons. The molecule has 0 bridgehead atoms. The third-order valence-electron chi connectivity index (χ3n) is 14.9. The zero-order chi connectivity index (χ0) is 50.7. The van der Waals surface area contributed by atoms with E-state index in [4.69, 9.17) is 0 Å². The van der Waals surface area contributed by atoms with E-state index in [1.807, 2.05) is 6.08 Å². The average molecular weight is 985 g/mol. The molecule has 0 aromatic rings. The number of hydrogen-bond acceptors (Lipinski definition) is 4. The van der Waals surface area contributed by atoms with Gasteiger partial charge < -0.3 is 20.6 Å². The fraction of sp³-hybridized carbons (Fsp3) is 0.892. The number of carbonyl (C=O) groups excluding carboxylic acids is 1. The first-order chi connectivity index (χ1) is 34.5. The van der Waals surface area contributed by atoms with Crippen molar-refractivity contribution in [2.75, 3.05) is 6.61 Å².